The van der Waals surface area contributed by atoms with Crippen molar-refractivity contribution in [1.82, 2.24) is 9.62 Å². The summed E-state index contributed by atoms with van der Waals surface area (Å²) in [6.07, 6.45) is 3.66. The van der Waals surface area contributed by atoms with E-state index < -0.39 is 0 Å². The minimum Gasteiger partial charge on any atom is -0.381 e. The first-order chi connectivity index (χ1) is 8.22. The van der Waals surface area contributed by atoms with E-state index in [1.807, 2.05) is 0 Å². The highest BCUT2D eigenvalue weighted by Gasteiger charge is 2.19. The van der Waals surface area contributed by atoms with E-state index in [1.54, 1.807) is 0 Å². The Morgan fingerprint density at radius 3 is 2.65 bits per heavy atom. The zero-order chi connectivity index (χ0) is 12.5. The van der Waals surface area contributed by atoms with Crippen LogP contribution < -0.4 is 4.72 Å². The second-order valence-electron chi connectivity index (χ2n) is 5.47. The molecule has 0 bridgehead atoms. The molecule has 0 aromatic carbocycles. The SMILES string of the molecule is CC(C)CN1CCC(COCCCNS)CC1. The Morgan fingerprint density at radius 1 is 1.35 bits per heavy atom. The number of rotatable bonds is 8. The van der Waals surface area contributed by atoms with E-state index in [1.165, 1.54) is 32.5 Å². The summed E-state index contributed by atoms with van der Waals surface area (Å²) in [6.45, 7) is 11.1. The minimum absolute atomic E-state index is 0.780. The van der Waals surface area contributed by atoms with Gasteiger partial charge in [-0.25, -0.2) is 0 Å². The molecular formula is C13H28N2OS. The van der Waals surface area contributed by atoms with Crippen LogP contribution in [0.2, 0.25) is 0 Å². The van der Waals surface area contributed by atoms with Gasteiger partial charge in [0.1, 0.15) is 0 Å². The van der Waals surface area contributed by atoms with Gasteiger partial charge in [0.05, 0.1) is 0 Å². The standard InChI is InChI=1S/C13H28N2OS/c1-12(2)10-15-7-4-13(5-8-15)11-16-9-3-6-14-17/h12-14,17H,3-11H2,1-2H3. The average molecular weight is 260 g/mol. The zero-order valence-electron chi connectivity index (χ0n) is 11.3. The van der Waals surface area contributed by atoms with Crippen molar-refractivity contribution in [3.8, 4) is 0 Å². The van der Waals surface area contributed by atoms with Gasteiger partial charge in [-0.15, -0.1) is 0 Å². The molecule has 1 N–H and O–H groups in total. The lowest BCUT2D eigenvalue weighted by molar-refractivity contribution is 0.0638. The molecule has 0 spiro atoms. The van der Waals surface area contributed by atoms with Crippen LogP contribution in [0.5, 0.6) is 0 Å². The largest absolute Gasteiger partial charge is 0.381 e. The normalized spacial score (nSPS) is 19.1. The molecule has 0 aromatic heterocycles. The first-order valence-electron chi connectivity index (χ1n) is 6.89. The monoisotopic (exact) mass is 260 g/mol. The second-order valence-corrected chi connectivity index (χ2v) is 5.79. The molecule has 0 amide bonds. The molecule has 1 aliphatic rings. The number of hydrogen-bond donors (Lipinski definition) is 2. The number of piperidine rings is 1. The second kappa shape index (κ2) is 9.20. The molecule has 0 aliphatic carbocycles. The Bertz CT molecular complexity index is 182. The molecule has 1 heterocycles. The topological polar surface area (TPSA) is 24.5 Å². The molecule has 0 unspecified atom stereocenters. The Balaban J connectivity index is 1.99. The summed E-state index contributed by atoms with van der Waals surface area (Å²) in [5, 5.41) is 0. The average Bonchev–Trinajstić information content (AvgIpc) is 2.30. The molecule has 4 heteroatoms. The Morgan fingerprint density at radius 2 is 2.06 bits per heavy atom. The highest BCUT2D eigenvalue weighted by molar-refractivity contribution is 7.78. The van der Waals surface area contributed by atoms with E-state index >= 15 is 0 Å². The number of ether oxygens (including phenoxy) is 1. The summed E-state index contributed by atoms with van der Waals surface area (Å²) >= 11 is 3.95. The van der Waals surface area contributed by atoms with Crippen molar-refractivity contribution in [1.29, 1.82) is 0 Å². The van der Waals surface area contributed by atoms with Crippen molar-refractivity contribution >= 4 is 12.8 Å². The van der Waals surface area contributed by atoms with Gasteiger partial charge < -0.3 is 9.64 Å². The Hall–Kier alpha value is 0.230. The van der Waals surface area contributed by atoms with Crippen LogP contribution in [0.25, 0.3) is 0 Å². The van der Waals surface area contributed by atoms with Gasteiger partial charge in [-0.05, 0) is 44.2 Å². The van der Waals surface area contributed by atoms with Gasteiger partial charge in [-0.3, -0.25) is 4.72 Å². The lowest BCUT2D eigenvalue weighted by Gasteiger charge is -2.32. The smallest absolute Gasteiger partial charge is 0.0495 e. The van der Waals surface area contributed by atoms with Crippen molar-refractivity contribution < 1.29 is 4.74 Å². The molecule has 0 radical (unpaired) electrons. The molecule has 0 atom stereocenters. The van der Waals surface area contributed by atoms with Crippen molar-refractivity contribution in [3.63, 3.8) is 0 Å². The highest BCUT2D eigenvalue weighted by atomic mass is 32.1. The zero-order valence-corrected chi connectivity index (χ0v) is 12.2. The molecule has 17 heavy (non-hydrogen) atoms. The lowest BCUT2D eigenvalue weighted by atomic mass is 9.97. The van der Waals surface area contributed by atoms with Crippen molar-refractivity contribution in [2.45, 2.75) is 33.1 Å². The quantitative estimate of drug-likeness (QED) is 0.517. The number of nitrogens with zero attached hydrogens (tertiary/aromatic N) is 1. The number of thiol groups is 1. The third-order valence-corrected chi connectivity index (χ3v) is 3.48. The van der Waals surface area contributed by atoms with E-state index in [0.717, 1.165) is 38.0 Å². The predicted octanol–water partition coefficient (Wildman–Crippen LogP) is 2.20. The molecule has 0 saturated carbocycles. The van der Waals surface area contributed by atoms with E-state index in [9.17, 15) is 0 Å². The molecule has 3 nitrogen and oxygen atoms in total. The fraction of sp³-hybridized carbons (Fsp3) is 1.00. The molecular weight excluding hydrogens is 232 g/mol. The van der Waals surface area contributed by atoms with E-state index in [-0.39, 0.29) is 0 Å². The van der Waals surface area contributed by atoms with Crippen molar-refractivity contribution in [2.75, 3.05) is 39.4 Å². The van der Waals surface area contributed by atoms with Crippen LogP contribution in [-0.4, -0.2) is 44.3 Å². The fourth-order valence-corrected chi connectivity index (χ4v) is 2.51. The number of nitrogens with one attached hydrogen (secondary N) is 1. The fourth-order valence-electron chi connectivity index (χ4n) is 2.36. The molecule has 0 aromatic rings. The maximum absolute atomic E-state index is 5.70. The van der Waals surface area contributed by atoms with Crippen molar-refractivity contribution in [2.24, 2.45) is 11.8 Å². The molecule has 102 valence electrons. The van der Waals surface area contributed by atoms with Gasteiger partial charge in [-0.1, -0.05) is 26.7 Å². The van der Waals surface area contributed by atoms with Gasteiger partial charge in [-0.2, -0.15) is 0 Å². The van der Waals surface area contributed by atoms with Crippen LogP contribution >= 0.6 is 12.8 Å². The van der Waals surface area contributed by atoms with Crippen LogP contribution in [0, 0.1) is 11.8 Å². The molecule has 1 fully saturated rings. The van der Waals surface area contributed by atoms with Gasteiger partial charge >= 0.3 is 0 Å². The van der Waals surface area contributed by atoms with Crippen LogP contribution in [0.15, 0.2) is 0 Å². The molecule has 1 saturated heterocycles. The summed E-state index contributed by atoms with van der Waals surface area (Å²) in [4.78, 5) is 2.59. The number of likely N-dealkylation sites (tertiary alicyclic amines) is 1. The lowest BCUT2D eigenvalue weighted by Crippen LogP contribution is -2.37. The maximum atomic E-state index is 5.70. The third kappa shape index (κ3) is 7.29. The first kappa shape index (κ1) is 15.3. The summed E-state index contributed by atoms with van der Waals surface area (Å²) in [5.74, 6) is 1.57. The summed E-state index contributed by atoms with van der Waals surface area (Å²) in [5.41, 5.74) is 0. The van der Waals surface area contributed by atoms with Crippen molar-refractivity contribution in [3.05, 3.63) is 0 Å². The Labute approximate surface area is 112 Å². The highest BCUT2D eigenvalue weighted by Crippen LogP contribution is 2.18. The van der Waals surface area contributed by atoms with Crippen LogP contribution in [0.1, 0.15) is 33.1 Å². The van der Waals surface area contributed by atoms with Gasteiger partial charge in [0, 0.05) is 26.3 Å². The first-order valence-corrected chi connectivity index (χ1v) is 7.34. The van der Waals surface area contributed by atoms with Gasteiger partial charge in [0.25, 0.3) is 0 Å². The summed E-state index contributed by atoms with van der Waals surface area (Å²) in [6, 6.07) is 0. The van der Waals surface area contributed by atoms with Gasteiger partial charge in [0.15, 0.2) is 0 Å². The predicted molar refractivity (Wildman–Crippen MR) is 76.4 cm³/mol. The number of hydrogen-bond acceptors (Lipinski definition) is 4. The molecule has 1 rings (SSSR count). The summed E-state index contributed by atoms with van der Waals surface area (Å²) in [7, 11) is 0. The van der Waals surface area contributed by atoms with Crippen LogP contribution in [0.4, 0.5) is 0 Å². The van der Waals surface area contributed by atoms with E-state index in [0.29, 0.717) is 0 Å². The maximum Gasteiger partial charge on any atom is 0.0495 e. The Kier molecular flexibility index (Phi) is 8.27. The minimum atomic E-state index is 0.780. The molecule has 1 aliphatic heterocycles. The third-order valence-electron chi connectivity index (χ3n) is 3.26. The van der Waals surface area contributed by atoms with E-state index in [2.05, 4.69) is 36.3 Å². The van der Waals surface area contributed by atoms with Crippen LogP contribution in [-0.2, 0) is 4.74 Å². The van der Waals surface area contributed by atoms with Crippen LogP contribution in [0.3, 0.4) is 0 Å². The summed E-state index contributed by atoms with van der Waals surface area (Å²) < 4.78 is 8.54. The van der Waals surface area contributed by atoms with Gasteiger partial charge in [0.2, 0.25) is 0 Å². The van der Waals surface area contributed by atoms with E-state index in [4.69, 9.17) is 4.74 Å².